The summed E-state index contributed by atoms with van der Waals surface area (Å²) in [6, 6.07) is 0. The standard InChI is InChI=1S/C18H23N7OS/c1-3-24-8-15(13(2)22-24)17-21-20-16-9-26-18(12-25(16)17)4-5-23(11-18)7-14-6-19-27-10-14/h6,8,10H,3-5,7,9,11-12H2,1-2H3. The van der Waals surface area contributed by atoms with Crippen LogP contribution in [0, 0.1) is 6.92 Å². The molecule has 9 heteroatoms. The molecular formula is C18H23N7OS. The van der Waals surface area contributed by atoms with Crippen molar-refractivity contribution in [1.29, 1.82) is 0 Å². The number of nitrogens with zero attached hydrogens (tertiary/aromatic N) is 7. The van der Waals surface area contributed by atoms with Gasteiger partial charge < -0.3 is 9.30 Å². The zero-order valence-corrected chi connectivity index (χ0v) is 16.4. The van der Waals surface area contributed by atoms with E-state index in [1.165, 1.54) is 17.1 Å². The highest BCUT2D eigenvalue weighted by atomic mass is 32.1. The lowest BCUT2D eigenvalue weighted by atomic mass is 10.0. The molecule has 8 nitrogen and oxygen atoms in total. The van der Waals surface area contributed by atoms with E-state index in [1.807, 2.05) is 17.8 Å². The Morgan fingerprint density at radius 1 is 1.30 bits per heavy atom. The first-order valence-electron chi connectivity index (χ1n) is 9.37. The summed E-state index contributed by atoms with van der Waals surface area (Å²) in [5, 5.41) is 15.5. The molecule has 1 fully saturated rings. The Kier molecular flexibility index (Phi) is 4.10. The highest BCUT2D eigenvalue weighted by molar-refractivity contribution is 7.03. The van der Waals surface area contributed by atoms with Crippen molar-refractivity contribution in [1.82, 2.24) is 33.8 Å². The van der Waals surface area contributed by atoms with Gasteiger partial charge in [0.25, 0.3) is 0 Å². The van der Waals surface area contributed by atoms with Crippen LogP contribution in [0.3, 0.4) is 0 Å². The van der Waals surface area contributed by atoms with Gasteiger partial charge in [-0.2, -0.15) is 5.10 Å². The van der Waals surface area contributed by atoms with E-state index < -0.39 is 0 Å². The molecule has 5 rings (SSSR count). The summed E-state index contributed by atoms with van der Waals surface area (Å²) in [7, 11) is 0. The van der Waals surface area contributed by atoms with Gasteiger partial charge >= 0.3 is 0 Å². The van der Waals surface area contributed by atoms with Gasteiger partial charge in [0.1, 0.15) is 12.2 Å². The predicted molar refractivity (Wildman–Crippen MR) is 101 cm³/mol. The van der Waals surface area contributed by atoms with Crippen LogP contribution < -0.4 is 0 Å². The first-order chi connectivity index (χ1) is 13.2. The monoisotopic (exact) mass is 385 g/mol. The largest absolute Gasteiger partial charge is 0.364 e. The molecule has 27 heavy (non-hydrogen) atoms. The number of aryl methyl sites for hydroxylation is 2. The van der Waals surface area contributed by atoms with Crippen molar-refractivity contribution in [3.63, 3.8) is 0 Å². The summed E-state index contributed by atoms with van der Waals surface area (Å²) in [5.74, 6) is 1.81. The molecule has 3 aromatic rings. The molecule has 2 aliphatic rings. The van der Waals surface area contributed by atoms with Crippen molar-refractivity contribution in [2.75, 3.05) is 13.1 Å². The fourth-order valence-corrected chi connectivity index (χ4v) is 4.66. The van der Waals surface area contributed by atoms with Crippen LogP contribution in [-0.4, -0.2) is 52.5 Å². The summed E-state index contributed by atoms with van der Waals surface area (Å²) in [5.41, 5.74) is 3.17. The molecule has 1 unspecified atom stereocenters. The van der Waals surface area contributed by atoms with Gasteiger partial charge in [0.2, 0.25) is 0 Å². The molecule has 0 saturated carbocycles. The van der Waals surface area contributed by atoms with E-state index in [1.54, 1.807) is 0 Å². The lowest BCUT2D eigenvalue weighted by Gasteiger charge is -2.34. The molecule has 1 spiro atoms. The smallest absolute Gasteiger partial charge is 0.167 e. The summed E-state index contributed by atoms with van der Waals surface area (Å²) in [4.78, 5) is 2.46. The van der Waals surface area contributed by atoms with Crippen molar-refractivity contribution in [2.24, 2.45) is 0 Å². The van der Waals surface area contributed by atoms with Gasteiger partial charge in [-0.1, -0.05) is 0 Å². The predicted octanol–water partition coefficient (Wildman–Crippen LogP) is 2.10. The molecular weight excluding hydrogens is 362 g/mol. The number of rotatable bonds is 4. The first kappa shape index (κ1) is 17.0. The topological polar surface area (TPSA) is 73.9 Å². The minimum Gasteiger partial charge on any atom is -0.364 e. The van der Waals surface area contributed by atoms with E-state index in [0.29, 0.717) is 6.61 Å². The van der Waals surface area contributed by atoms with Crippen molar-refractivity contribution < 1.29 is 4.74 Å². The Morgan fingerprint density at radius 2 is 2.22 bits per heavy atom. The Balaban J connectivity index is 1.39. The maximum Gasteiger partial charge on any atom is 0.167 e. The van der Waals surface area contributed by atoms with Gasteiger partial charge in [0.05, 0.1) is 17.8 Å². The van der Waals surface area contributed by atoms with Crippen LogP contribution in [0.1, 0.15) is 30.4 Å². The fraction of sp³-hybridized carbons (Fsp3) is 0.556. The number of hydrogen-bond donors (Lipinski definition) is 0. The van der Waals surface area contributed by atoms with Gasteiger partial charge in [-0.3, -0.25) is 9.58 Å². The van der Waals surface area contributed by atoms with E-state index in [0.717, 1.165) is 62.1 Å². The maximum absolute atomic E-state index is 6.31. The van der Waals surface area contributed by atoms with Crippen LogP contribution in [0.2, 0.25) is 0 Å². The number of fused-ring (bicyclic) bond motifs is 1. The molecule has 0 amide bonds. The average Bonchev–Trinajstić information content (AvgIpc) is 3.44. The van der Waals surface area contributed by atoms with Crippen molar-refractivity contribution in [2.45, 2.75) is 52.1 Å². The Morgan fingerprint density at radius 3 is 3.00 bits per heavy atom. The van der Waals surface area contributed by atoms with Crippen LogP contribution in [-0.2, 0) is 31.0 Å². The number of hydrogen-bond acceptors (Lipinski definition) is 7. The highest BCUT2D eigenvalue weighted by Crippen LogP contribution is 2.35. The third-order valence-corrected chi connectivity index (χ3v) is 6.21. The molecule has 3 aromatic heterocycles. The summed E-state index contributed by atoms with van der Waals surface area (Å²) < 4.78 is 14.7. The van der Waals surface area contributed by atoms with Gasteiger partial charge in [-0.15, -0.1) is 10.2 Å². The SMILES string of the molecule is CCn1cc(-c2nnc3n2CC2(CCN(Cc4cnsc4)C2)OC3)c(C)n1. The highest BCUT2D eigenvalue weighted by Gasteiger charge is 2.43. The van der Waals surface area contributed by atoms with Crippen molar-refractivity contribution in [3.8, 4) is 11.4 Å². The lowest BCUT2D eigenvalue weighted by molar-refractivity contribution is -0.0821. The second-order valence-corrected chi connectivity index (χ2v) is 8.13. The Labute approximate surface area is 161 Å². The average molecular weight is 385 g/mol. The van der Waals surface area contributed by atoms with E-state index in [2.05, 4.69) is 47.6 Å². The van der Waals surface area contributed by atoms with Gasteiger partial charge in [0.15, 0.2) is 11.6 Å². The van der Waals surface area contributed by atoms with E-state index >= 15 is 0 Å². The lowest BCUT2D eigenvalue weighted by Crippen LogP contribution is -2.44. The van der Waals surface area contributed by atoms with E-state index in [4.69, 9.17) is 4.74 Å². The fourth-order valence-electron chi connectivity index (χ4n) is 4.13. The zero-order valence-electron chi connectivity index (χ0n) is 15.6. The quantitative estimate of drug-likeness (QED) is 0.685. The molecule has 0 aromatic carbocycles. The van der Waals surface area contributed by atoms with Crippen LogP contribution in [0.25, 0.3) is 11.4 Å². The Hall–Kier alpha value is -2.10. The minimum atomic E-state index is -0.164. The van der Waals surface area contributed by atoms with E-state index in [-0.39, 0.29) is 5.60 Å². The molecule has 2 aliphatic heterocycles. The molecule has 0 radical (unpaired) electrons. The van der Waals surface area contributed by atoms with Gasteiger partial charge in [-0.25, -0.2) is 4.37 Å². The first-order valence-corrected chi connectivity index (χ1v) is 10.2. The second-order valence-electron chi connectivity index (χ2n) is 7.47. The molecule has 0 bridgehead atoms. The summed E-state index contributed by atoms with van der Waals surface area (Å²) in [6.45, 7) is 9.18. The van der Waals surface area contributed by atoms with Crippen molar-refractivity contribution in [3.05, 3.63) is 34.9 Å². The third kappa shape index (κ3) is 2.99. The van der Waals surface area contributed by atoms with Crippen LogP contribution >= 0.6 is 11.5 Å². The minimum absolute atomic E-state index is 0.164. The van der Waals surface area contributed by atoms with Crippen molar-refractivity contribution >= 4 is 11.5 Å². The molecule has 142 valence electrons. The number of ether oxygens (including phenoxy) is 1. The van der Waals surface area contributed by atoms with E-state index in [9.17, 15) is 0 Å². The maximum atomic E-state index is 6.31. The van der Waals surface area contributed by atoms with Crippen LogP contribution in [0.4, 0.5) is 0 Å². The second kappa shape index (κ2) is 6.50. The van der Waals surface area contributed by atoms with Crippen LogP contribution in [0.15, 0.2) is 17.8 Å². The summed E-state index contributed by atoms with van der Waals surface area (Å²) >= 11 is 1.51. The van der Waals surface area contributed by atoms with Crippen LogP contribution in [0.5, 0.6) is 0 Å². The number of aromatic nitrogens is 6. The molecule has 5 heterocycles. The van der Waals surface area contributed by atoms with Gasteiger partial charge in [0, 0.05) is 44.0 Å². The Bertz CT molecular complexity index is 947. The number of likely N-dealkylation sites (tertiary alicyclic amines) is 1. The third-order valence-electron chi connectivity index (χ3n) is 5.58. The zero-order chi connectivity index (χ0) is 18.4. The summed E-state index contributed by atoms with van der Waals surface area (Å²) in [6.07, 6.45) is 5.05. The molecule has 1 atom stereocenters. The molecule has 1 saturated heterocycles. The van der Waals surface area contributed by atoms with Gasteiger partial charge in [-0.05, 0) is 37.4 Å². The molecule has 0 N–H and O–H groups in total. The molecule has 0 aliphatic carbocycles. The normalized spacial score (nSPS) is 22.6.